The fraction of sp³-hybridized carbons (Fsp3) is 0.783. The summed E-state index contributed by atoms with van der Waals surface area (Å²) in [5.74, 6) is 13.0. The van der Waals surface area contributed by atoms with Gasteiger partial charge in [-0.15, -0.1) is 0 Å². The predicted molar refractivity (Wildman–Crippen MR) is 104 cm³/mol. The molecule has 0 radical (unpaired) electrons. The number of aliphatic carboxylic acids is 1. The number of carboxylic acid groups (broad SMARTS) is 1. The summed E-state index contributed by atoms with van der Waals surface area (Å²) in [6.45, 7) is 0.320. The van der Waals surface area contributed by atoms with Crippen LogP contribution in [-0.4, -0.2) is 49.1 Å². The highest BCUT2D eigenvalue weighted by Gasteiger charge is 2.43. The third-order valence-electron chi connectivity index (χ3n) is 6.48. The van der Waals surface area contributed by atoms with Crippen molar-refractivity contribution in [1.82, 2.24) is 0 Å². The Hall–Kier alpha value is -1.57. The lowest BCUT2D eigenvalue weighted by Gasteiger charge is -2.41. The lowest BCUT2D eigenvalue weighted by molar-refractivity contribution is -0.303. The van der Waals surface area contributed by atoms with Gasteiger partial charge in [-0.05, 0) is 38.5 Å². The van der Waals surface area contributed by atoms with Crippen molar-refractivity contribution in [1.29, 1.82) is 0 Å². The summed E-state index contributed by atoms with van der Waals surface area (Å²) in [6.07, 6.45) is 7.92. The molecule has 4 atom stereocenters. The zero-order valence-corrected chi connectivity index (χ0v) is 16.8. The highest BCUT2D eigenvalue weighted by molar-refractivity contribution is 5.70. The Morgan fingerprint density at radius 3 is 1.69 bits per heavy atom. The van der Waals surface area contributed by atoms with Gasteiger partial charge in [-0.2, -0.15) is 0 Å². The second-order valence-corrected chi connectivity index (χ2v) is 8.47. The van der Waals surface area contributed by atoms with E-state index in [2.05, 4.69) is 23.7 Å². The minimum atomic E-state index is -0.692. The Labute approximate surface area is 172 Å². The molecule has 158 valence electrons. The number of carboxylic acids is 1. The Morgan fingerprint density at radius 1 is 0.655 bits per heavy atom. The zero-order chi connectivity index (χ0) is 20.1. The van der Waals surface area contributed by atoms with Crippen molar-refractivity contribution >= 4 is 5.97 Å². The molecule has 2 heterocycles. The van der Waals surface area contributed by atoms with E-state index in [-0.39, 0.29) is 49.8 Å². The van der Waals surface area contributed by atoms with Gasteiger partial charge in [0.05, 0.1) is 5.92 Å². The van der Waals surface area contributed by atoms with Crippen LogP contribution in [0.25, 0.3) is 0 Å². The van der Waals surface area contributed by atoms with Crippen molar-refractivity contribution in [2.75, 3.05) is 13.6 Å². The van der Waals surface area contributed by atoms with Gasteiger partial charge < -0.3 is 24.1 Å². The Balaban J connectivity index is 1.36. The first-order valence-electron chi connectivity index (χ1n) is 10.9. The quantitative estimate of drug-likeness (QED) is 0.680. The number of carbonyl (C=O) groups is 1. The van der Waals surface area contributed by atoms with Crippen LogP contribution in [0.5, 0.6) is 0 Å². The van der Waals surface area contributed by atoms with Crippen molar-refractivity contribution in [3.8, 4) is 23.7 Å². The van der Waals surface area contributed by atoms with Crippen LogP contribution in [0.4, 0.5) is 0 Å². The molecule has 0 aromatic heterocycles. The van der Waals surface area contributed by atoms with E-state index >= 15 is 0 Å². The third kappa shape index (κ3) is 5.32. The van der Waals surface area contributed by atoms with E-state index in [0.717, 1.165) is 12.8 Å². The standard InChI is InChI=1S/C23H30O6/c24-23(25)18-10-6-17(7-11-18)9-13-20-22-21(28-15-27-20)19(26-14-29-22)12-8-16-4-2-1-3-5-16/h16-22H,1-7,10-11,14-15H2,(H,24,25). The number of hydrogen-bond acceptors (Lipinski definition) is 5. The van der Waals surface area contributed by atoms with Crippen molar-refractivity contribution in [3.63, 3.8) is 0 Å². The number of ether oxygens (including phenoxy) is 4. The highest BCUT2D eigenvalue weighted by Crippen LogP contribution is 2.30. The van der Waals surface area contributed by atoms with E-state index in [1.807, 2.05) is 0 Å². The fourth-order valence-corrected chi connectivity index (χ4v) is 4.66. The fourth-order valence-electron chi connectivity index (χ4n) is 4.66. The maximum absolute atomic E-state index is 11.1. The van der Waals surface area contributed by atoms with Crippen molar-refractivity contribution < 1.29 is 28.8 Å². The van der Waals surface area contributed by atoms with Gasteiger partial charge in [0.1, 0.15) is 38.0 Å². The minimum absolute atomic E-state index is 0.153. The minimum Gasteiger partial charge on any atom is -0.481 e. The molecule has 2 aliphatic heterocycles. The maximum Gasteiger partial charge on any atom is 0.306 e. The first-order valence-corrected chi connectivity index (χ1v) is 10.9. The molecule has 2 saturated heterocycles. The Morgan fingerprint density at radius 2 is 1.17 bits per heavy atom. The largest absolute Gasteiger partial charge is 0.481 e. The molecule has 6 nitrogen and oxygen atoms in total. The van der Waals surface area contributed by atoms with E-state index in [9.17, 15) is 4.79 Å². The Kier molecular flexibility index (Phi) is 7.11. The smallest absolute Gasteiger partial charge is 0.306 e. The van der Waals surface area contributed by atoms with Gasteiger partial charge >= 0.3 is 5.97 Å². The first kappa shape index (κ1) is 20.7. The maximum atomic E-state index is 11.1. The van der Waals surface area contributed by atoms with Crippen molar-refractivity contribution in [2.24, 2.45) is 17.8 Å². The molecule has 0 aromatic carbocycles. The zero-order valence-electron chi connectivity index (χ0n) is 16.8. The second kappa shape index (κ2) is 9.96. The van der Waals surface area contributed by atoms with Crippen LogP contribution in [0.15, 0.2) is 0 Å². The summed E-state index contributed by atoms with van der Waals surface area (Å²) < 4.78 is 23.0. The summed E-state index contributed by atoms with van der Waals surface area (Å²) in [5, 5.41) is 9.13. The SMILES string of the molecule is O=C(O)C1CCC(C#CC2OCOC3C(C#CC4CCCCC4)OCOC23)CC1. The van der Waals surface area contributed by atoms with Crippen LogP contribution < -0.4 is 0 Å². The molecule has 4 fully saturated rings. The second-order valence-electron chi connectivity index (χ2n) is 8.47. The molecule has 0 bridgehead atoms. The van der Waals surface area contributed by atoms with Crippen LogP contribution in [0.3, 0.4) is 0 Å². The van der Waals surface area contributed by atoms with Crippen LogP contribution in [0, 0.1) is 41.4 Å². The van der Waals surface area contributed by atoms with Crippen LogP contribution >= 0.6 is 0 Å². The molecular weight excluding hydrogens is 372 g/mol. The van der Waals surface area contributed by atoms with Gasteiger partial charge in [-0.25, -0.2) is 0 Å². The van der Waals surface area contributed by atoms with Gasteiger partial charge in [0.2, 0.25) is 0 Å². The molecule has 1 N–H and O–H groups in total. The van der Waals surface area contributed by atoms with Crippen LogP contribution in [0.2, 0.25) is 0 Å². The molecule has 2 aliphatic carbocycles. The van der Waals surface area contributed by atoms with E-state index < -0.39 is 5.97 Å². The average Bonchev–Trinajstić information content (AvgIpc) is 2.77. The summed E-state index contributed by atoms with van der Waals surface area (Å²) >= 11 is 0. The molecule has 4 unspecified atom stereocenters. The molecule has 4 aliphatic rings. The summed E-state index contributed by atoms with van der Waals surface area (Å²) in [4.78, 5) is 11.1. The van der Waals surface area contributed by atoms with Gasteiger partial charge in [0.25, 0.3) is 0 Å². The topological polar surface area (TPSA) is 74.2 Å². The Bertz CT molecular complexity index is 684. The molecule has 0 aromatic rings. The van der Waals surface area contributed by atoms with Gasteiger partial charge in [-0.1, -0.05) is 42.9 Å². The van der Waals surface area contributed by atoms with E-state index in [0.29, 0.717) is 18.8 Å². The van der Waals surface area contributed by atoms with E-state index in [1.54, 1.807) is 0 Å². The lowest BCUT2D eigenvalue weighted by atomic mass is 9.82. The summed E-state index contributed by atoms with van der Waals surface area (Å²) in [6, 6.07) is 0. The predicted octanol–water partition coefficient (Wildman–Crippen LogP) is 2.95. The summed E-state index contributed by atoms with van der Waals surface area (Å²) in [5.41, 5.74) is 0. The number of fused-ring (bicyclic) bond motifs is 1. The van der Waals surface area contributed by atoms with E-state index in [4.69, 9.17) is 24.1 Å². The molecule has 4 rings (SSSR count). The molecule has 6 heteroatoms. The van der Waals surface area contributed by atoms with Gasteiger partial charge in [0.15, 0.2) is 0 Å². The highest BCUT2D eigenvalue weighted by atomic mass is 16.8. The molecule has 0 amide bonds. The summed E-state index contributed by atoms with van der Waals surface area (Å²) in [7, 11) is 0. The number of hydrogen-bond donors (Lipinski definition) is 1. The lowest BCUT2D eigenvalue weighted by Crippen LogP contribution is -2.56. The van der Waals surface area contributed by atoms with Gasteiger partial charge in [0, 0.05) is 11.8 Å². The normalized spacial score (nSPS) is 37.9. The van der Waals surface area contributed by atoms with Crippen LogP contribution in [-0.2, 0) is 23.7 Å². The van der Waals surface area contributed by atoms with Crippen molar-refractivity contribution in [2.45, 2.75) is 82.2 Å². The molecular formula is C23H30O6. The first-order chi connectivity index (χ1) is 14.2. The third-order valence-corrected chi connectivity index (χ3v) is 6.48. The van der Waals surface area contributed by atoms with Gasteiger partial charge in [-0.3, -0.25) is 4.79 Å². The molecule has 2 saturated carbocycles. The molecule has 0 spiro atoms. The van der Waals surface area contributed by atoms with Crippen molar-refractivity contribution in [3.05, 3.63) is 0 Å². The van der Waals surface area contributed by atoms with E-state index in [1.165, 1.54) is 32.1 Å². The monoisotopic (exact) mass is 402 g/mol. The molecule has 29 heavy (non-hydrogen) atoms. The average molecular weight is 402 g/mol. The number of rotatable bonds is 1. The van der Waals surface area contributed by atoms with Crippen LogP contribution in [0.1, 0.15) is 57.8 Å².